The first kappa shape index (κ1) is 14.5. The minimum atomic E-state index is -0.209. The van der Waals surface area contributed by atoms with Gasteiger partial charge in [-0.05, 0) is 32.1 Å². The first-order valence-corrected chi connectivity index (χ1v) is 6.46. The van der Waals surface area contributed by atoms with Gasteiger partial charge in [0, 0.05) is 26.4 Å². The third kappa shape index (κ3) is 3.42. The number of aliphatic hydroxyl groups is 1. The zero-order chi connectivity index (χ0) is 12.9. The lowest BCUT2D eigenvalue weighted by atomic mass is 9.66. The standard InChI is InChI=1S/C13H25NO3/c1-10(9-15)11(2)14-12(16)13(5-4-6-13)7-8-17-3/h10-11,15H,4-9H2,1-3H3,(H,14,16). The van der Waals surface area contributed by atoms with Crippen molar-refractivity contribution >= 4 is 5.91 Å². The molecular formula is C13H25NO3. The predicted molar refractivity (Wildman–Crippen MR) is 66.6 cm³/mol. The number of hydrogen-bond acceptors (Lipinski definition) is 3. The fraction of sp³-hybridized carbons (Fsp3) is 0.923. The third-order valence-corrected chi connectivity index (χ3v) is 4.08. The molecule has 2 unspecified atom stereocenters. The minimum absolute atomic E-state index is 0.0209. The van der Waals surface area contributed by atoms with Gasteiger partial charge in [-0.15, -0.1) is 0 Å². The molecule has 0 aromatic carbocycles. The van der Waals surface area contributed by atoms with Gasteiger partial charge in [-0.2, -0.15) is 0 Å². The Morgan fingerprint density at radius 1 is 1.47 bits per heavy atom. The smallest absolute Gasteiger partial charge is 0.226 e. The maximum absolute atomic E-state index is 12.2. The van der Waals surface area contributed by atoms with E-state index >= 15 is 0 Å². The van der Waals surface area contributed by atoms with Crippen molar-refractivity contribution in [3.8, 4) is 0 Å². The monoisotopic (exact) mass is 243 g/mol. The highest BCUT2D eigenvalue weighted by Crippen LogP contribution is 2.44. The molecule has 1 rings (SSSR count). The second-order valence-electron chi connectivity index (χ2n) is 5.30. The predicted octanol–water partition coefficient (Wildman–Crippen LogP) is 1.33. The zero-order valence-electron chi connectivity index (χ0n) is 11.2. The van der Waals surface area contributed by atoms with Crippen LogP contribution in [0.3, 0.4) is 0 Å². The Morgan fingerprint density at radius 3 is 2.53 bits per heavy atom. The molecule has 1 fully saturated rings. The molecule has 1 saturated carbocycles. The summed E-state index contributed by atoms with van der Waals surface area (Å²) in [5.74, 6) is 0.229. The SMILES string of the molecule is COCCC1(C(=O)NC(C)C(C)CO)CCC1. The summed E-state index contributed by atoms with van der Waals surface area (Å²) in [6, 6.07) is 0.0209. The molecule has 1 aliphatic rings. The molecule has 0 aromatic rings. The lowest BCUT2D eigenvalue weighted by Gasteiger charge is -2.41. The average Bonchev–Trinajstić information content (AvgIpc) is 2.26. The Labute approximate surface area is 104 Å². The van der Waals surface area contributed by atoms with Crippen molar-refractivity contribution in [2.75, 3.05) is 20.3 Å². The fourth-order valence-electron chi connectivity index (χ4n) is 2.15. The molecule has 1 amide bonds. The van der Waals surface area contributed by atoms with Gasteiger partial charge in [0.1, 0.15) is 0 Å². The van der Waals surface area contributed by atoms with Crippen molar-refractivity contribution in [1.82, 2.24) is 5.32 Å². The molecule has 0 bridgehead atoms. The Hall–Kier alpha value is -0.610. The highest BCUT2D eigenvalue weighted by molar-refractivity contribution is 5.83. The summed E-state index contributed by atoms with van der Waals surface area (Å²) in [6.07, 6.45) is 3.85. The largest absolute Gasteiger partial charge is 0.396 e. The van der Waals surface area contributed by atoms with E-state index in [0.717, 1.165) is 25.7 Å². The highest BCUT2D eigenvalue weighted by Gasteiger charge is 2.43. The van der Waals surface area contributed by atoms with Crippen LogP contribution in [0.4, 0.5) is 0 Å². The van der Waals surface area contributed by atoms with Crippen LogP contribution < -0.4 is 5.32 Å². The number of carbonyl (C=O) groups excluding carboxylic acids is 1. The van der Waals surface area contributed by atoms with Crippen LogP contribution in [0.5, 0.6) is 0 Å². The number of ether oxygens (including phenoxy) is 1. The number of hydrogen-bond donors (Lipinski definition) is 2. The number of aliphatic hydroxyl groups excluding tert-OH is 1. The van der Waals surface area contributed by atoms with Gasteiger partial charge in [-0.25, -0.2) is 0 Å². The van der Waals surface area contributed by atoms with Crippen molar-refractivity contribution in [3.05, 3.63) is 0 Å². The lowest BCUT2D eigenvalue weighted by molar-refractivity contribution is -0.138. The van der Waals surface area contributed by atoms with Gasteiger partial charge >= 0.3 is 0 Å². The van der Waals surface area contributed by atoms with Crippen LogP contribution in [0, 0.1) is 11.3 Å². The molecule has 0 spiro atoms. The van der Waals surface area contributed by atoms with E-state index in [4.69, 9.17) is 9.84 Å². The molecule has 0 saturated heterocycles. The van der Waals surface area contributed by atoms with Crippen LogP contribution in [-0.2, 0) is 9.53 Å². The van der Waals surface area contributed by atoms with Crippen LogP contribution in [0.1, 0.15) is 39.5 Å². The summed E-state index contributed by atoms with van der Waals surface area (Å²) in [7, 11) is 1.67. The molecule has 4 heteroatoms. The Bertz CT molecular complexity index is 251. The molecular weight excluding hydrogens is 218 g/mol. The van der Waals surface area contributed by atoms with Gasteiger partial charge in [0.25, 0.3) is 0 Å². The summed E-state index contributed by atoms with van der Waals surface area (Å²) >= 11 is 0. The Balaban J connectivity index is 2.49. The maximum atomic E-state index is 12.2. The number of nitrogens with one attached hydrogen (secondary N) is 1. The molecule has 0 radical (unpaired) electrons. The average molecular weight is 243 g/mol. The third-order valence-electron chi connectivity index (χ3n) is 4.08. The summed E-state index contributed by atoms with van der Waals surface area (Å²) in [6.45, 7) is 4.62. The quantitative estimate of drug-likeness (QED) is 0.709. The van der Waals surface area contributed by atoms with E-state index in [1.807, 2.05) is 13.8 Å². The topological polar surface area (TPSA) is 58.6 Å². The Kier molecular flexibility index (Phi) is 5.40. The van der Waals surface area contributed by atoms with Gasteiger partial charge in [-0.1, -0.05) is 13.3 Å². The minimum Gasteiger partial charge on any atom is -0.396 e. The van der Waals surface area contributed by atoms with E-state index in [0.29, 0.717) is 6.61 Å². The van der Waals surface area contributed by atoms with Gasteiger partial charge < -0.3 is 15.2 Å². The summed E-state index contributed by atoms with van der Waals surface area (Å²) in [5, 5.41) is 12.1. The fourth-order valence-corrected chi connectivity index (χ4v) is 2.15. The molecule has 0 aliphatic heterocycles. The number of carbonyl (C=O) groups is 1. The second kappa shape index (κ2) is 6.36. The number of amides is 1. The van der Waals surface area contributed by atoms with Crippen LogP contribution in [0.25, 0.3) is 0 Å². The van der Waals surface area contributed by atoms with E-state index in [9.17, 15) is 4.79 Å². The summed E-state index contributed by atoms with van der Waals surface area (Å²) in [4.78, 5) is 12.2. The maximum Gasteiger partial charge on any atom is 0.226 e. The normalized spacial score (nSPS) is 21.4. The summed E-state index contributed by atoms with van der Waals surface area (Å²) in [5.41, 5.74) is -0.209. The van der Waals surface area contributed by atoms with Gasteiger partial charge in [0.05, 0.1) is 5.41 Å². The van der Waals surface area contributed by atoms with Crippen molar-refractivity contribution in [3.63, 3.8) is 0 Å². The summed E-state index contributed by atoms with van der Waals surface area (Å²) < 4.78 is 5.08. The van der Waals surface area contributed by atoms with Crippen LogP contribution in [-0.4, -0.2) is 37.4 Å². The van der Waals surface area contributed by atoms with Gasteiger partial charge in [0.15, 0.2) is 0 Å². The molecule has 1 aliphatic carbocycles. The second-order valence-corrected chi connectivity index (χ2v) is 5.30. The molecule has 4 nitrogen and oxygen atoms in total. The molecule has 0 aromatic heterocycles. The molecule has 0 heterocycles. The van der Waals surface area contributed by atoms with Crippen molar-refractivity contribution in [1.29, 1.82) is 0 Å². The molecule has 17 heavy (non-hydrogen) atoms. The van der Waals surface area contributed by atoms with Crippen LogP contribution >= 0.6 is 0 Å². The first-order chi connectivity index (χ1) is 8.05. The first-order valence-electron chi connectivity index (χ1n) is 6.46. The molecule has 2 atom stereocenters. The van der Waals surface area contributed by atoms with Gasteiger partial charge in [-0.3, -0.25) is 4.79 Å². The number of methoxy groups -OCH3 is 1. The van der Waals surface area contributed by atoms with E-state index in [2.05, 4.69) is 5.32 Å². The van der Waals surface area contributed by atoms with E-state index in [-0.39, 0.29) is 29.9 Å². The van der Waals surface area contributed by atoms with Crippen molar-refractivity contribution in [2.45, 2.75) is 45.6 Å². The molecule has 2 N–H and O–H groups in total. The van der Waals surface area contributed by atoms with Crippen LogP contribution in [0.15, 0.2) is 0 Å². The van der Waals surface area contributed by atoms with E-state index in [1.165, 1.54) is 0 Å². The molecule has 100 valence electrons. The zero-order valence-corrected chi connectivity index (χ0v) is 11.2. The van der Waals surface area contributed by atoms with Crippen molar-refractivity contribution in [2.24, 2.45) is 11.3 Å². The Morgan fingerprint density at radius 2 is 2.12 bits per heavy atom. The van der Waals surface area contributed by atoms with Crippen molar-refractivity contribution < 1.29 is 14.6 Å². The number of rotatable bonds is 7. The lowest BCUT2D eigenvalue weighted by Crippen LogP contribution is -2.50. The highest BCUT2D eigenvalue weighted by atomic mass is 16.5. The van der Waals surface area contributed by atoms with E-state index < -0.39 is 0 Å². The van der Waals surface area contributed by atoms with Crippen LogP contribution in [0.2, 0.25) is 0 Å². The van der Waals surface area contributed by atoms with E-state index in [1.54, 1.807) is 7.11 Å². The van der Waals surface area contributed by atoms with Gasteiger partial charge in [0.2, 0.25) is 5.91 Å².